The summed E-state index contributed by atoms with van der Waals surface area (Å²) in [6, 6.07) is -0.192. The van der Waals surface area contributed by atoms with E-state index in [2.05, 4.69) is 0 Å². The van der Waals surface area contributed by atoms with Crippen molar-refractivity contribution in [3.05, 3.63) is 0 Å². The van der Waals surface area contributed by atoms with Crippen LogP contribution in [0.5, 0.6) is 0 Å². The summed E-state index contributed by atoms with van der Waals surface area (Å²) in [5, 5.41) is 8.88. The number of rotatable bonds is 2. The van der Waals surface area contributed by atoms with Crippen LogP contribution < -0.4 is 0 Å². The minimum Gasteiger partial charge on any atom is -0.465 e. The van der Waals surface area contributed by atoms with E-state index in [0.717, 1.165) is 0 Å². The highest BCUT2D eigenvalue weighted by Crippen LogP contribution is 2.29. The summed E-state index contributed by atoms with van der Waals surface area (Å²) in [6.45, 7) is 3.71. The van der Waals surface area contributed by atoms with Crippen molar-refractivity contribution in [3.8, 4) is 0 Å². The molecule has 1 fully saturated rings. The lowest BCUT2D eigenvalue weighted by Gasteiger charge is -2.31. The molecule has 0 aliphatic carbocycles. The van der Waals surface area contributed by atoms with Crippen LogP contribution in [-0.4, -0.2) is 40.8 Å². The van der Waals surface area contributed by atoms with Crippen LogP contribution in [0.1, 0.15) is 20.3 Å². The second-order valence-electron chi connectivity index (χ2n) is 3.36. The smallest absolute Gasteiger partial charge is 0.409 e. The number of hydrogen-bond donors (Lipinski definition) is 1. The standard InChI is InChI=1S/C8H13NO4/c1-6-5-13-8(2,3-4-10)9(6)7(11)12/h4,6H,3,5H2,1-2H3,(H,11,12). The van der Waals surface area contributed by atoms with Crippen LogP contribution in [-0.2, 0) is 9.53 Å². The predicted octanol–water partition coefficient (Wildman–Crippen LogP) is 0.690. The van der Waals surface area contributed by atoms with E-state index in [9.17, 15) is 9.59 Å². The van der Waals surface area contributed by atoms with Crippen LogP contribution in [0.3, 0.4) is 0 Å². The SMILES string of the molecule is CC1COC(C)(CC=O)N1C(=O)O. The predicted molar refractivity (Wildman–Crippen MR) is 44.4 cm³/mol. The Balaban J connectivity index is 2.85. The lowest BCUT2D eigenvalue weighted by Crippen LogP contribution is -2.48. The van der Waals surface area contributed by atoms with Crippen molar-refractivity contribution in [3.63, 3.8) is 0 Å². The maximum atomic E-state index is 10.8. The van der Waals surface area contributed by atoms with Crippen LogP contribution in [0.2, 0.25) is 0 Å². The van der Waals surface area contributed by atoms with Crippen LogP contribution in [0, 0.1) is 0 Å². The van der Waals surface area contributed by atoms with E-state index in [1.54, 1.807) is 13.8 Å². The lowest BCUT2D eigenvalue weighted by atomic mass is 10.1. The molecule has 2 atom stereocenters. The molecule has 1 amide bonds. The lowest BCUT2D eigenvalue weighted by molar-refractivity contribution is -0.118. The van der Waals surface area contributed by atoms with E-state index >= 15 is 0 Å². The molecule has 1 N–H and O–H groups in total. The minimum absolute atomic E-state index is 0.0731. The Morgan fingerprint density at radius 2 is 2.46 bits per heavy atom. The molecule has 0 aromatic heterocycles. The topological polar surface area (TPSA) is 66.8 Å². The van der Waals surface area contributed by atoms with Crippen molar-refractivity contribution in [1.29, 1.82) is 0 Å². The summed E-state index contributed by atoms with van der Waals surface area (Å²) < 4.78 is 5.28. The zero-order valence-corrected chi connectivity index (χ0v) is 7.69. The van der Waals surface area contributed by atoms with Crippen LogP contribution >= 0.6 is 0 Å². The Bertz CT molecular complexity index is 230. The first kappa shape index (κ1) is 9.98. The molecule has 0 aromatic rings. The summed E-state index contributed by atoms with van der Waals surface area (Å²) in [4.78, 5) is 22.4. The van der Waals surface area contributed by atoms with Gasteiger partial charge in [0.25, 0.3) is 0 Å². The van der Waals surface area contributed by atoms with Crippen LogP contribution in [0.4, 0.5) is 4.79 Å². The van der Waals surface area contributed by atoms with E-state index in [4.69, 9.17) is 9.84 Å². The normalized spacial score (nSPS) is 33.4. The van der Waals surface area contributed by atoms with Crippen molar-refractivity contribution in [1.82, 2.24) is 4.90 Å². The molecular formula is C8H13NO4. The third-order valence-electron chi connectivity index (χ3n) is 2.25. The molecular weight excluding hydrogens is 174 g/mol. The van der Waals surface area contributed by atoms with E-state index in [-0.39, 0.29) is 12.5 Å². The molecule has 0 saturated carbocycles. The van der Waals surface area contributed by atoms with Gasteiger partial charge in [0.1, 0.15) is 6.29 Å². The fraction of sp³-hybridized carbons (Fsp3) is 0.750. The van der Waals surface area contributed by atoms with E-state index in [1.165, 1.54) is 4.90 Å². The fourth-order valence-corrected chi connectivity index (χ4v) is 1.61. The molecule has 5 heteroatoms. The van der Waals surface area contributed by atoms with Crippen molar-refractivity contribution in [2.45, 2.75) is 32.0 Å². The number of carbonyl (C=O) groups is 2. The second-order valence-corrected chi connectivity index (χ2v) is 3.36. The molecule has 1 aliphatic heterocycles. The first-order valence-electron chi connectivity index (χ1n) is 4.11. The number of ether oxygens (including phenoxy) is 1. The summed E-state index contributed by atoms with van der Waals surface area (Å²) >= 11 is 0. The van der Waals surface area contributed by atoms with Crippen molar-refractivity contribution in [2.24, 2.45) is 0 Å². The molecule has 2 unspecified atom stereocenters. The number of aldehydes is 1. The third kappa shape index (κ3) is 1.65. The minimum atomic E-state index is -1.05. The maximum absolute atomic E-state index is 10.8. The molecule has 5 nitrogen and oxygen atoms in total. The van der Waals surface area contributed by atoms with Crippen molar-refractivity contribution in [2.75, 3.05) is 6.61 Å². The zero-order valence-electron chi connectivity index (χ0n) is 7.69. The van der Waals surface area contributed by atoms with Gasteiger partial charge in [-0.2, -0.15) is 0 Å². The Morgan fingerprint density at radius 3 is 2.92 bits per heavy atom. The van der Waals surface area contributed by atoms with E-state index < -0.39 is 11.8 Å². The number of carboxylic acid groups (broad SMARTS) is 1. The highest BCUT2D eigenvalue weighted by atomic mass is 16.5. The molecule has 1 rings (SSSR count). The zero-order chi connectivity index (χ0) is 10.1. The summed E-state index contributed by atoms with van der Waals surface area (Å²) in [6.07, 6.45) is -0.299. The average Bonchev–Trinajstić information content (AvgIpc) is 2.27. The number of carbonyl (C=O) groups excluding carboxylic acids is 1. The van der Waals surface area contributed by atoms with Crippen molar-refractivity contribution < 1.29 is 19.4 Å². The van der Waals surface area contributed by atoms with E-state index in [1.807, 2.05) is 0 Å². The van der Waals surface area contributed by atoms with Crippen LogP contribution in [0.15, 0.2) is 0 Å². The molecule has 0 radical (unpaired) electrons. The van der Waals surface area contributed by atoms with Gasteiger partial charge in [0.15, 0.2) is 5.72 Å². The maximum Gasteiger partial charge on any atom is 0.409 e. The van der Waals surface area contributed by atoms with Crippen LogP contribution in [0.25, 0.3) is 0 Å². The highest BCUT2D eigenvalue weighted by molar-refractivity contribution is 5.67. The second kappa shape index (κ2) is 3.33. The number of nitrogens with zero attached hydrogens (tertiary/aromatic N) is 1. The average molecular weight is 187 g/mol. The molecule has 13 heavy (non-hydrogen) atoms. The molecule has 1 saturated heterocycles. The summed E-state index contributed by atoms with van der Waals surface area (Å²) in [7, 11) is 0. The highest BCUT2D eigenvalue weighted by Gasteiger charge is 2.45. The molecule has 1 heterocycles. The van der Waals surface area contributed by atoms with Crippen molar-refractivity contribution >= 4 is 12.4 Å². The molecule has 0 spiro atoms. The van der Waals surface area contributed by atoms with Gasteiger partial charge in [-0.1, -0.05) is 0 Å². The largest absolute Gasteiger partial charge is 0.465 e. The van der Waals surface area contributed by atoms with Gasteiger partial charge in [-0.3, -0.25) is 4.90 Å². The van der Waals surface area contributed by atoms with Gasteiger partial charge in [-0.25, -0.2) is 4.79 Å². The Morgan fingerprint density at radius 1 is 1.85 bits per heavy atom. The van der Waals surface area contributed by atoms with Gasteiger partial charge in [0.05, 0.1) is 19.1 Å². The van der Waals surface area contributed by atoms with Gasteiger partial charge in [-0.15, -0.1) is 0 Å². The first-order chi connectivity index (χ1) is 6.01. The monoisotopic (exact) mass is 187 g/mol. The molecule has 1 aliphatic rings. The molecule has 74 valence electrons. The first-order valence-corrected chi connectivity index (χ1v) is 4.11. The molecule has 0 aromatic carbocycles. The van der Waals surface area contributed by atoms with Gasteiger partial charge in [0.2, 0.25) is 0 Å². The van der Waals surface area contributed by atoms with Gasteiger partial charge < -0.3 is 14.6 Å². The Hall–Kier alpha value is -1.10. The number of hydrogen-bond acceptors (Lipinski definition) is 3. The fourth-order valence-electron chi connectivity index (χ4n) is 1.61. The summed E-state index contributed by atoms with van der Waals surface area (Å²) in [5.41, 5.74) is -0.979. The van der Waals surface area contributed by atoms with Gasteiger partial charge in [0, 0.05) is 0 Å². The quantitative estimate of drug-likeness (QED) is 0.646. The number of amides is 1. The van der Waals surface area contributed by atoms with Gasteiger partial charge >= 0.3 is 6.09 Å². The third-order valence-corrected chi connectivity index (χ3v) is 2.25. The molecule has 0 bridgehead atoms. The van der Waals surface area contributed by atoms with E-state index in [0.29, 0.717) is 12.9 Å². The Labute approximate surface area is 76.3 Å². The Kier molecular flexibility index (Phi) is 2.56. The van der Waals surface area contributed by atoms with Gasteiger partial charge in [-0.05, 0) is 13.8 Å². The summed E-state index contributed by atoms with van der Waals surface area (Å²) in [5.74, 6) is 0.